The third-order valence-corrected chi connectivity index (χ3v) is 4.45. The average Bonchev–Trinajstić information content (AvgIpc) is 2.41. The van der Waals surface area contributed by atoms with Gasteiger partial charge in [-0.2, -0.15) is 0 Å². The fourth-order valence-corrected chi connectivity index (χ4v) is 2.91. The minimum absolute atomic E-state index is 0. The second kappa shape index (κ2) is 16.1. The molecule has 0 bridgehead atoms. The smallest absolute Gasteiger partial charge is 0.0796 e. The zero-order valence-corrected chi connectivity index (χ0v) is 16.4. The van der Waals surface area contributed by atoms with E-state index in [4.69, 9.17) is 11.6 Å². The Kier molecular flexibility index (Phi) is 18.5. The first-order valence-electron chi connectivity index (χ1n) is 8.58. The zero-order valence-electron chi connectivity index (χ0n) is 14.1. The molecule has 124 valence electrons. The molecule has 1 nitrogen and oxygen atoms in total. The second-order valence-corrected chi connectivity index (χ2v) is 6.69. The molecule has 0 rings (SSSR count). The summed E-state index contributed by atoms with van der Waals surface area (Å²) >= 11 is 5.88. The number of rotatable bonds is 14. The van der Waals surface area contributed by atoms with Gasteiger partial charge in [0, 0.05) is 12.3 Å². The van der Waals surface area contributed by atoms with Crippen molar-refractivity contribution in [2.45, 2.75) is 78.1 Å². The lowest BCUT2D eigenvalue weighted by atomic mass is 10.1. The lowest BCUT2D eigenvalue weighted by Gasteiger charge is -2.35. The van der Waals surface area contributed by atoms with Gasteiger partial charge >= 0.3 is 0 Å². The van der Waals surface area contributed by atoms with E-state index in [0.717, 1.165) is 5.88 Å². The summed E-state index contributed by atoms with van der Waals surface area (Å²) in [6, 6.07) is 0. The summed E-state index contributed by atoms with van der Waals surface area (Å²) in [7, 11) is 2.44. The Morgan fingerprint density at radius 1 is 0.650 bits per heavy atom. The monoisotopic (exact) mass is 369 g/mol. The molecule has 0 N–H and O–H groups in total. The minimum atomic E-state index is 0. The van der Waals surface area contributed by atoms with Gasteiger partial charge in [0.15, 0.2) is 0 Å². The van der Waals surface area contributed by atoms with E-state index in [1.165, 1.54) is 88.3 Å². The molecule has 0 aromatic heterocycles. The van der Waals surface area contributed by atoms with E-state index in [2.05, 4.69) is 20.9 Å². The van der Waals surface area contributed by atoms with Crippen LogP contribution in [0.1, 0.15) is 78.1 Å². The quantitative estimate of drug-likeness (QED) is 0.250. The van der Waals surface area contributed by atoms with Crippen LogP contribution in [-0.2, 0) is 0 Å². The standard InChI is InChI=1S/C17H37ClN.BrH/c1-4-6-8-9-10-12-16-19(3,17-13-14-18)15-11-7-5-2;/h4-17H2,1-3H3;1H/q+1;/p-1. The first-order chi connectivity index (χ1) is 9.18. The third-order valence-electron chi connectivity index (χ3n) is 4.18. The normalized spacial score (nSPS) is 13.8. The van der Waals surface area contributed by atoms with E-state index >= 15 is 0 Å². The van der Waals surface area contributed by atoms with Crippen LogP contribution in [0.3, 0.4) is 0 Å². The molecule has 0 aromatic carbocycles. The van der Waals surface area contributed by atoms with Crippen LogP contribution in [0.25, 0.3) is 0 Å². The van der Waals surface area contributed by atoms with Gasteiger partial charge in [0.25, 0.3) is 0 Å². The van der Waals surface area contributed by atoms with Gasteiger partial charge in [0.1, 0.15) is 0 Å². The number of quaternary nitrogens is 1. The van der Waals surface area contributed by atoms with Crippen LogP contribution in [0.2, 0.25) is 0 Å². The fourth-order valence-electron chi connectivity index (χ4n) is 2.79. The number of hydrogen-bond acceptors (Lipinski definition) is 0. The van der Waals surface area contributed by atoms with Crippen molar-refractivity contribution in [2.24, 2.45) is 0 Å². The van der Waals surface area contributed by atoms with Crippen LogP contribution in [-0.4, -0.2) is 37.0 Å². The number of hydrogen-bond donors (Lipinski definition) is 0. The molecule has 0 fully saturated rings. The van der Waals surface area contributed by atoms with Crippen molar-refractivity contribution in [2.75, 3.05) is 32.6 Å². The molecule has 20 heavy (non-hydrogen) atoms. The molecule has 0 saturated carbocycles. The molecule has 0 aliphatic rings. The van der Waals surface area contributed by atoms with Gasteiger partial charge in [-0.25, -0.2) is 0 Å². The van der Waals surface area contributed by atoms with E-state index in [-0.39, 0.29) is 17.0 Å². The van der Waals surface area contributed by atoms with Crippen LogP contribution in [0.5, 0.6) is 0 Å². The number of nitrogens with zero attached hydrogens (tertiary/aromatic N) is 1. The Hall–Kier alpha value is 0.730. The maximum Gasteiger partial charge on any atom is 0.0796 e. The van der Waals surface area contributed by atoms with Gasteiger partial charge in [-0.1, -0.05) is 46.0 Å². The number of unbranched alkanes of at least 4 members (excludes halogenated alkanes) is 7. The summed E-state index contributed by atoms with van der Waals surface area (Å²) in [6.45, 7) is 8.54. The molecular weight excluding hydrogens is 334 g/mol. The largest absolute Gasteiger partial charge is 1.00 e. The summed E-state index contributed by atoms with van der Waals surface area (Å²) < 4.78 is 1.25. The molecular formula is C17H37BrClN. The van der Waals surface area contributed by atoms with Crippen molar-refractivity contribution in [3.63, 3.8) is 0 Å². The fraction of sp³-hybridized carbons (Fsp3) is 1.00. The first-order valence-corrected chi connectivity index (χ1v) is 9.11. The molecule has 0 heterocycles. The van der Waals surface area contributed by atoms with Crippen LogP contribution >= 0.6 is 11.6 Å². The SMILES string of the molecule is CCCCCCCC[N+](C)(CCCCl)CCCCC.[Br-]. The second-order valence-electron chi connectivity index (χ2n) is 6.31. The summed E-state index contributed by atoms with van der Waals surface area (Å²) in [5.74, 6) is 0.818. The maximum atomic E-state index is 5.88. The highest BCUT2D eigenvalue weighted by atomic mass is 79.9. The Morgan fingerprint density at radius 2 is 1.05 bits per heavy atom. The van der Waals surface area contributed by atoms with Crippen LogP contribution in [0.15, 0.2) is 0 Å². The highest BCUT2D eigenvalue weighted by Crippen LogP contribution is 2.13. The molecule has 0 aliphatic carbocycles. The van der Waals surface area contributed by atoms with E-state index in [1.54, 1.807) is 0 Å². The summed E-state index contributed by atoms with van der Waals surface area (Å²) in [6.07, 6.45) is 13.7. The molecule has 1 atom stereocenters. The number of alkyl halides is 1. The van der Waals surface area contributed by atoms with Crippen LogP contribution in [0.4, 0.5) is 0 Å². The lowest BCUT2D eigenvalue weighted by Crippen LogP contribution is -3.00. The van der Waals surface area contributed by atoms with Gasteiger partial charge in [0.05, 0.1) is 26.7 Å². The van der Waals surface area contributed by atoms with Crippen molar-refractivity contribution >= 4 is 11.6 Å². The van der Waals surface area contributed by atoms with E-state index < -0.39 is 0 Å². The van der Waals surface area contributed by atoms with Gasteiger partial charge in [-0.3, -0.25) is 0 Å². The Balaban J connectivity index is 0. The Labute approximate surface area is 143 Å². The van der Waals surface area contributed by atoms with E-state index in [1.807, 2.05) is 0 Å². The maximum absolute atomic E-state index is 5.88. The highest BCUT2D eigenvalue weighted by molar-refractivity contribution is 6.17. The predicted molar refractivity (Wildman–Crippen MR) is 89.0 cm³/mol. The van der Waals surface area contributed by atoms with Crippen LogP contribution in [0, 0.1) is 0 Å². The minimum Gasteiger partial charge on any atom is -1.00 e. The molecule has 3 heteroatoms. The van der Waals surface area contributed by atoms with E-state index in [0.29, 0.717) is 0 Å². The Bertz CT molecular complexity index is 190. The lowest BCUT2D eigenvalue weighted by molar-refractivity contribution is -0.910. The van der Waals surface area contributed by atoms with Crippen molar-refractivity contribution in [3.8, 4) is 0 Å². The predicted octanol–water partition coefficient (Wildman–Crippen LogP) is 2.62. The highest BCUT2D eigenvalue weighted by Gasteiger charge is 2.19. The van der Waals surface area contributed by atoms with Gasteiger partial charge < -0.3 is 21.5 Å². The van der Waals surface area contributed by atoms with Crippen LogP contribution < -0.4 is 17.0 Å². The molecule has 0 radical (unpaired) electrons. The molecule has 0 aliphatic heterocycles. The topological polar surface area (TPSA) is 0 Å². The van der Waals surface area contributed by atoms with Crippen molar-refractivity contribution < 1.29 is 21.5 Å². The molecule has 1 unspecified atom stereocenters. The molecule has 0 amide bonds. The van der Waals surface area contributed by atoms with Gasteiger partial charge in [0.2, 0.25) is 0 Å². The van der Waals surface area contributed by atoms with Crippen molar-refractivity contribution in [1.82, 2.24) is 0 Å². The zero-order chi connectivity index (χ0) is 14.4. The third kappa shape index (κ3) is 13.7. The van der Waals surface area contributed by atoms with Gasteiger partial charge in [-0.05, 0) is 25.7 Å². The molecule has 0 spiro atoms. The first kappa shape index (κ1) is 23.0. The molecule has 0 aromatic rings. The summed E-state index contributed by atoms with van der Waals surface area (Å²) in [4.78, 5) is 0. The average molecular weight is 371 g/mol. The summed E-state index contributed by atoms with van der Waals surface area (Å²) in [5.41, 5.74) is 0. The number of halogens is 2. The summed E-state index contributed by atoms with van der Waals surface area (Å²) in [5, 5.41) is 0. The van der Waals surface area contributed by atoms with Crippen molar-refractivity contribution in [1.29, 1.82) is 0 Å². The Morgan fingerprint density at radius 3 is 1.60 bits per heavy atom. The van der Waals surface area contributed by atoms with Gasteiger partial charge in [-0.15, -0.1) is 11.6 Å². The van der Waals surface area contributed by atoms with Crippen molar-refractivity contribution in [3.05, 3.63) is 0 Å². The van der Waals surface area contributed by atoms with E-state index in [9.17, 15) is 0 Å². The molecule has 0 saturated heterocycles.